The van der Waals surface area contributed by atoms with Crippen molar-refractivity contribution in [3.05, 3.63) is 0 Å². The summed E-state index contributed by atoms with van der Waals surface area (Å²) in [6.45, 7) is 4.28. The lowest BCUT2D eigenvalue weighted by molar-refractivity contribution is -0.138. The van der Waals surface area contributed by atoms with Crippen LogP contribution < -0.4 is 5.73 Å². The molecule has 3 atom stereocenters. The van der Waals surface area contributed by atoms with Crippen LogP contribution in [0, 0.1) is 5.92 Å². The molecule has 0 aromatic rings. The fourth-order valence-electron chi connectivity index (χ4n) is 2.69. The number of hydrogen-bond acceptors (Lipinski definition) is 3. The molecule has 1 fully saturated rings. The largest absolute Gasteiger partial charge is 0.341 e. The Balaban J connectivity index is 2.67. The van der Waals surface area contributed by atoms with Crippen LogP contribution in [-0.4, -0.2) is 41.4 Å². The fraction of sp³-hybridized carbons (Fsp3) is 0.923. The smallest absolute Gasteiger partial charge is 0.242 e. The Kier molecular flexibility index (Phi) is 5.32. The molecule has 1 saturated carbocycles. The second-order valence-electron chi connectivity index (χ2n) is 5.58. The number of amides is 1. The van der Waals surface area contributed by atoms with Gasteiger partial charge in [0.05, 0.1) is 5.54 Å². The Bertz CT molecular complexity index is 272. The molecule has 1 aliphatic rings. The molecule has 0 spiro atoms. The molecule has 100 valence electrons. The summed E-state index contributed by atoms with van der Waals surface area (Å²) in [6.07, 6.45) is 6.02. The Morgan fingerprint density at radius 3 is 2.82 bits per heavy atom. The maximum Gasteiger partial charge on any atom is 0.242 e. The Labute approximate surface area is 109 Å². The van der Waals surface area contributed by atoms with Crippen LogP contribution in [0.15, 0.2) is 0 Å². The van der Waals surface area contributed by atoms with Crippen LogP contribution in [0.3, 0.4) is 0 Å². The van der Waals surface area contributed by atoms with Crippen molar-refractivity contribution < 1.29 is 4.79 Å². The zero-order valence-corrected chi connectivity index (χ0v) is 12.3. The van der Waals surface area contributed by atoms with Gasteiger partial charge in [-0.05, 0) is 31.9 Å². The minimum absolute atomic E-state index is 0.130. The fourth-order valence-corrected chi connectivity index (χ4v) is 3.40. The first-order valence-corrected chi connectivity index (χ1v) is 7.85. The van der Waals surface area contributed by atoms with E-state index in [1.165, 1.54) is 6.42 Å². The summed E-state index contributed by atoms with van der Waals surface area (Å²) in [7, 11) is 1.89. The standard InChI is InChI=1S/C13H26N2OS/c1-10-6-5-7-13(14,8-10)12(16)15(3)11(2)9-17-4/h10-11H,5-9,14H2,1-4H3. The van der Waals surface area contributed by atoms with E-state index in [1.54, 1.807) is 11.8 Å². The van der Waals surface area contributed by atoms with Gasteiger partial charge in [0.15, 0.2) is 0 Å². The van der Waals surface area contributed by atoms with E-state index in [0.29, 0.717) is 5.92 Å². The van der Waals surface area contributed by atoms with Crippen molar-refractivity contribution in [1.82, 2.24) is 4.90 Å². The highest BCUT2D eigenvalue weighted by atomic mass is 32.2. The van der Waals surface area contributed by atoms with Gasteiger partial charge in [-0.15, -0.1) is 0 Å². The van der Waals surface area contributed by atoms with E-state index < -0.39 is 5.54 Å². The van der Waals surface area contributed by atoms with E-state index in [4.69, 9.17) is 5.73 Å². The third-order valence-electron chi connectivity index (χ3n) is 3.85. The first-order valence-electron chi connectivity index (χ1n) is 6.46. The number of hydrogen-bond donors (Lipinski definition) is 1. The number of rotatable bonds is 4. The molecule has 3 unspecified atom stereocenters. The van der Waals surface area contributed by atoms with E-state index in [-0.39, 0.29) is 11.9 Å². The third kappa shape index (κ3) is 3.62. The second kappa shape index (κ2) is 6.10. The lowest BCUT2D eigenvalue weighted by Gasteiger charge is -2.39. The number of nitrogens with two attached hydrogens (primary N) is 1. The number of likely N-dealkylation sites (N-methyl/N-ethyl adjacent to an activating group) is 1. The van der Waals surface area contributed by atoms with E-state index in [1.807, 2.05) is 11.9 Å². The molecule has 2 N–H and O–H groups in total. The van der Waals surface area contributed by atoms with Crippen molar-refractivity contribution in [1.29, 1.82) is 0 Å². The highest BCUT2D eigenvalue weighted by molar-refractivity contribution is 7.98. The van der Waals surface area contributed by atoms with Crippen molar-refractivity contribution in [3.63, 3.8) is 0 Å². The summed E-state index contributed by atoms with van der Waals surface area (Å²) in [6, 6.07) is 0.259. The summed E-state index contributed by atoms with van der Waals surface area (Å²) in [5, 5.41) is 0. The summed E-state index contributed by atoms with van der Waals surface area (Å²) in [4.78, 5) is 14.3. The van der Waals surface area contributed by atoms with Gasteiger partial charge in [-0.2, -0.15) is 11.8 Å². The molecule has 0 aliphatic heterocycles. The molecule has 1 rings (SSSR count). The average Bonchev–Trinajstić information content (AvgIpc) is 2.27. The van der Waals surface area contributed by atoms with E-state index in [0.717, 1.165) is 25.0 Å². The highest BCUT2D eigenvalue weighted by Gasteiger charge is 2.40. The van der Waals surface area contributed by atoms with Crippen molar-refractivity contribution in [3.8, 4) is 0 Å². The molecule has 3 nitrogen and oxygen atoms in total. The molecule has 0 heterocycles. The van der Waals surface area contributed by atoms with Gasteiger partial charge in [-0.1, -0.05) is 19.8 Å². The summed E-state index contributed by atoms with van der Waals surface area (Å²) >= 11 is 1.77. The lowest BCUT2D eigenvalue weighted by Crippen LogP contribution is -2.58. The zero-order valence-electron chi connectivity index (χ0n) is 11.5. The maximum atomic E-state index is 12.5. The van der Waals surface area contributed by atoms with E-state index >= 15 is 0 Å². The molecule has 0 aromatic heterocycles. The number of carbonyl (C=O) groups is 1. The highest BCUT2D eigenvalue weighted by Crippen LogP contribution is 2.32. The molecule has 17 heavy (non-hydrogen) atoms. The van der Waals surface area contributed by atoms with Crippen molar-refractivity contribution in [2.45, 2.75) is 51.1 Å². The van der Waals surface area contributed by atoms with Crippen LogP contribution in [0.5, 0.6) is 0 Å². The molecule has 0 radical (unpaired) electrons. The normalized spacial score (nSPS) is 31.0. The maximum absolute atomic E-state index is 12.5. The summed E-state index contributed by atoms with van der Waals surface area (Å²) in [5.41, 5.74) is 5.72. The van der Waals surface area contributed by atoms with Crippen molar-refractivity contribution in [2.75, 3.05) is 19.1 Å². The lowest BCUT2D eigenvalue weighted by atomic mass is 9.76. The molecule has 0 saturated heterocycles. The molecular formula is C13H26N2OS. The average molecular weight is 258 g/mol. The SMILES string of the molecule is CSCC(C)N(C)C(=O)C1(N)CCCC(C)C1. The number of nitrogens with zero attached hydrogens (tertiary/aromatic N) is 1. The molecular weight excluding hydrogens is 232 g/mol. The predicted octanol–water partition coefficient (Wildman–Crippen LogP) is 2.10. The van der Waals surface area contributed by atoms with Crippen LogP contribution in [0.4, 0.5) is 0 Å². The van der Waals surface area contributed by atoms with Gasteiger partial charge in [0, 0.05) is 18.8 Å². The van der Waals surface area contributed by atoms with E-state index in [2.05, 4.69) is 20.1 Å². The first kappa shape index (κ1) is 14.8. The third-order valence-corrected chi connectivity index (χ3v) is 4.66. The minimum Gasteiger partial charge on any atom is -0.341 e. The Hall–Kier alpha value is -0.220. The second-order valence-corrected chi connectivity index (χ2v) is 6.49. The van der Waals surface area contributed by atoms with Crippen LogP contribution in [0.1, 0.15) is 39.5 Å². The van der Waals surface area contributed by atoms with Crippen LogP contribution in [-0.2, 0) is 4.79 Å². The number of carbonyl (C=O) groups excluding carboxylic acids is 1. The monoisotopic (exact) mass is 258 g/mol. The first-order chi connectivity index (χ1) is 7.90. The van der Waals surface area contributed by atoms with E-state index in [9.17, 15) is 4.79 Å². The zero-order chi connectivity index (χ0) is 13.1. The van der Waals surface area contributed by atoms with Crippen molar-refractivity contribution >= 4 is 17.7 Å². The van der Waals surface area contributed by atoms with Gasteiger partial charge >= 0.3 is 0 Å². The van der Waals surface area contributed by atoms with Gasteiger partial charge in [-0.3, -0.25) is 4.79 Å². The van der Waals surface area contributed by atoms with Crippen LogP contribution in [0.2, 0.25) is 0 Å². The van der Waals surface area contributed by atoms with Gasteiger partial charge in [0.25, 0.3) is 0 Å². The quantitative estimate of drug-likeness (QED) is 0.840. The summed E-state index contributed by atoms with van der Waals surface area (Å²) < 4.78 is 0. The van der Waals surface area contributed by atoms with Gasteiger partial charge in [0.1, 0.15) is 0 Å². The minimum atomic E-state index is -0.612. The molecule has 4 heteroatoms. The van der Waals surface area contributed by atoms with Crippen LogP contribution in [0.25, 0.3) is 0 Å². The van der Waals surface area contributed by atoms with Crippen LogP contribution >= 0.6 is 11.8 Å². The summed E-state index contributed by atoms with van der Waals surface area (Å²) in [5.74, 6) is 1.67. The Morgan fingerprint density at radius 1 is 1.65 bits per heavy atom. The molecule has 1 aliphatic carbocycles. The van der Waals surface area contributed by atoms with Crippen molar-refractivity contribution in [2.24, 2.45) is 11.7 Å². The number of thioether (sulfide) groups is 1. The molecule has 0 aromatic carbocycles. The van der Waals surface area contributed by atoms with Gasteiger partial charge < -0.3 is 10.6 Å². The topological polar surface area (TPSA) is 46.3 Å². The van der Waals surface area contributed by atoms with Gasteiger partial charge in [-0.25, -0.2) is 0 Å². The van der Waals surface area contributed by atoms with Gasteiger partial charge in [0.2, 0.25) is 5.91 Å². The molecule has 0 bridgehead atoms. The Morgan fingerprint density at radius 2 is 2.29 bits per heavy atom. The predicted molar refractivity (Wildman–Crippen MR) is 75.2 cm³/mol. The molecule has 1 amide bonds.